The smallest absolute Gasteiger partial charge is 0.1000 e. The van der Waals surface area contributed by atoms with Crippen LogP contribution in [-0.4, -0.2) is 41.4 Å². The van der Waals surface area contributed by atoms with E-state index in [0.717, 1.165) is 60.7 Å². The van der Waals surface area contributed by atoms with Gasteiger partial charge in [0, 0.05) is 36.3 Å². The number of nitrogens with one attached hydrogen (secondary N) is 1. The highest BCUT2D eigenvalue weighted by molar-refractivity contribution is 5.94. The van der Waals surface area contributed by atoms with Gasteiger partial charge in [0.25, 0.3) is 0 Å². The van der Waals surface area contributed by atoms with E-state index in [1.165, 1.54) is 5.56 Å². The summed E-state index contributed by atoms with van der Waals surface area (Å²) in [6.07, 6.45) is 0. The number of benzene rings is 2. The minimum atomic E-state index is 0.754. The molecule has 0 saturated carbocycles. The van der Waals surface area contributed by atoms with Gasteiger partial charge in [-0.1, -0.05) is 18.2 Å². The molecule has 1 fully saturated rings. The van der Waals surface area contributed by atoms with Crippen molar-refractivity contribution in [1.29, 1.82) is 0 Å². The third-order valence-electron chi connectivity index (χ3n) is 4.30. The molecule has 1 aliphatic heterocycles. The zero-order valence-corrected chi connectivity index (χ0v) is 13.0. The Morgan fingerprint density at radius 1 is 1.13 bits per heavy atom. The molecule has 2 aromatic carbocycles. The Morgan fingerprint density at radius 2 is 2.00 bits per heavy atom. The molecule has 0 amide bonds. The second-order valence-corrected chi connectivity index (χ2v) is 5.97. The molecule has 5 nitrogen and oxygen atoms in total. The highest BCUT2D eigenvalue weighted by atomic mass is 16.5. The average Bonchev–Trinajstić information content (AvgIpc) is 2.99. The van der Waals surface area contributed by atoms with E-state index in [1.807, 2.05) is 18.2 Å². The standard InChI is InChI=1S/C18H20N4O/c19-15-4-5-17-16(11-15)18(21-20-17)14-3-1-2-13(10-14)12-22-6-8-23-9-7-22/h1-5,10-11H,6-9,12,19H2,(H,20,21). The molecular weight excluding hydrogens is 288 g/mol. The van der Waals surface area contributed by atoms with Gasteiger partial charge in [-0.3, -0.25) is 10.00 Å². The molecule has 0 unspecified atom stereocenters. The second kappa shape index (κ2) is 6.02. The van der Waals surface area contributed by atoms with Crippen molar-refractivity contribution in [1.82, 2.24) is 15.1 Å². The van der Waals surface area contributed by atoms with E-state index in [4.69, 9.17) is 10.5 Å². The molecule has 0 spiro atoms. The van der Waals surface area contributed by atoms with Gasteiger partial charge >= 0.3 is 0 Å². The number of morpholine rings is 1. The maximum Gasteiger partial charge on any atom is 0.1000 e. The molecule has 1 saturated heterocycles. The molecule has 118 valence electrons. The lowest BCUT2D eigenvalue weighted by molar-refractivity contribution is 0.0342. The van der Waals surface area contributed by atoms with Crippen molar-refractivity contribution in [2.24, 2.45) is 0 Å². The number of nitrogens with two attached hydrogens (primary N) is 1. The van der Waals surface area contributed by atoms with Gasteiger partial charge in [-0.2, -0.15) is 5.10 Å². The van der Waals surface area contributed by atoms with Crippen LogP contribution < -0.4 is 5.73 Å². The number of aromatic nitrogens is 2. The van der Waals surface area contributed by atoms with E-state index < -0.39 is 0 Å². The van der Waals surface area contributed by atoms with Crippen LogP contribution >= 0.6 is 0 Å². The predicted molar refractivity (Wildman–Crippen MR) is 92.0 cm³/mol. The molecule has 1 aliphatic rings. The zero-order valence-electron chi connectivity index (χ0n) is 13.0. The number of hydrogen-bond acceptors (Lipinski definition) is 4. The highest BCUT2D eigenvalue weighted by Crippen LogP contribution is 2.28. The van der Waals surface area contributed by atoms with Crippen LogP contribution in [0.2, 0.25) is 0 Å². The van der Waals surface area contributed by atoms with Crippen molar-refractivity contribution in [2.45, 2.75) is 6.54 Å². The first-order chi connectivity index (χ1) is 11.3. The third kappa shape index (κ3) is 2.93. The van der Waals surface area contributed by atoms with E-state index in [2.05, 4.69) is 39.4 Å². The van der Waals surface area contributed by atoms with E-state index in [1.54, 1.807) is 0 Å². The molecule has 0 atom stereocenters. The van der Waals surface area contributed by atoms with Gasteiger partial charge in [0.2, 0.25) is 0 Å². The quantitative estimate of drug-likeness (QED) is 0.730. The van der Waals surface area contributed by atoms with Crippen LogP contribution in [0, 0.1) is 0 Å². The van der Waals surface area contributed by atoms with Crippen LogP contribution in [0.1, 0.15) is 5.56 Å². The van der Waals surface area contributed by atoms with Crippen molar-refractivity contribution in [2.75, 3.05) is 32.0 Å². The molecule has 5 heteroatoms. The van der Waals surface area contributed by atoms with Gasteiger partial charge in [-0.25, -0.2) is 0 Å². The number of fused-ring (bicyclic) bond motifs is 1. The molecule has 1 aromatic heterocycles. The van der Waals surface area contributed by atoms with Gasteiger partial charge < -0.3 is 10.5 Å². The van der Waals surface area contributed by atoms with E-state index in [-0.39, 0.29) is 0 Å². The Kier molecular flexibility index (Phi) is 3.73. The number of anilines is 1. The predicted octanol–water partition coefficient (Wildman–Crippen LogP) is 2.64. The Hall–Kier alpha value is -2.37. The fourth-order valence-corrected chi connectivity index (χ4v) is 3.09. The van der Waals surface area contributed by atoms with E-state index in [9.17, 15) is 0 Å². The van der Waals surface area contributed by atoms with Crippen LogP contribution in [0.25, 0.3) is 22.2 Å². The lowest BCUT2D eigenvalue weighted by Crippen LogP contribution is -2.35. The lowest BCUT2D eigenvalue weighted by Gasteiger charge is -2.26. The van der Waals surface area contributed by atoms with Gasteiger partial charge in [0.05, 0.1) is 24.4 Å². The summed E-state index contributed by atoms with van der Waals surface area (Å²) < 4.78 is 5.41. The minimum Gasteiger partial charge on any atom is -0.399 e. The van der Waals surface area contributed by atoms with Gasteiger partial charge in [-0.05, 0) is 29.8 Å². The van der Waals surface area contributed by atoms with Gasteiger partial charge in [-0.15, -0.1) is 0 Å². The molecular formula is C18H20N4O. The van der Waals surface area contributed by atoms with E-state index in [0.29, 0.717) is 0 Å². The van der Waals surface area contributed by atoms with E-state index >= 15 is 0 Å². The summed E-state index contributed by atoms with van der Waals surface area (Å²) in [6, 6.07) is 14.4. The van der Waals surface area contributed by atoms with Crippen LogP contribution in [0.4, 0.5) is 5.69 Å². The molecule has 23 heavy (non-hydrogen) atoms. The number of nitrogens with zero attached hydrogens (tertiary/aromatic N) is 2. The summed E-state index contributed by atoms with van der Waals surface area (Å²) in [5.74, 6) is 0. The first kappa shape index (κ1) is 14.2. The molecule has 0 bridgehead atoms. The van der Waals surface area contributed by atoms with Gasteiger partial charge in [0.1, 0.15) is 0 Å². The molecule has 3 N–H and O–H groups in total. The number of hydrogen-bond donors (Lipinski definition) is 2. The Bertz CT molecular complexity index is 821. The second-order valence-electron chi connectivity index (χ2n) is 5.97. The first-order valence-corrected chi connectivity index (χ1v) is 7.92. The molecule has 3 aromatic rings. The number of rotatable bonds is 3. The van der Waals surface area contributed by atoms with Crippen LogP contribution in [0.3, 0.4) is 0 Å². The van der Waals surface area contributed by atoms with Gasteiger partial charge in [0.15, 0.2) is 0 Å². The third-order valence-corrected chi connectivity index (χ3v) is 4.30. The Morgan fingerprint density at radius 3 is 2.87 bits per heavy atom. The minimum absolute atomic E-state index is 0.754. The monoisotopic (exact) mass is 308 g/mol. The molecule has 2 heterocycles. The first-order valence-electron chi connectivity index (χ1n) is 7.92. The van der Waals surface area contributed by atoms with Crippen molar-refractivity contribution in [3.8, 4) is 11.3 Å². The number of nitrogen functional groups attached to an aromatic ring is 1. The Balaban J connectivity index is 1.65. The number of aromatic amines is 1. The Labute approximate surface area is 135 Å². The van der Waals surface area contributed by atoms with Crippen molar-refractivity contribution < 1.29 is 4.74 Å². The molecule has 4 rings (SSSR count). The summed E-state index contributed by atoms with van der Waals surface area (Å²) in [6.45, 7) is 4.58. The zero-order chi connectivity index (χ0) is 15.6. The molecule has 0 radical (unpaired) electrons. The maximum absolute atomic E-state index is 5.92. The summed E-state index contributed by atoms with van der Waals surface area (Å²) in [5, 5.41) is 8.63. The fourth-order valence-electron chi connectivity index (χ4n) is 3.09. The summed E-state index contributed by atoms with van der Waals surface area (Å²) in [4.78, 5) is 2.42. The largest absolute Gasteiger partial charge is 0.399 e. The van der Waals surface area contributed by atoms with Crippen LogP contribution in [0.15, 0.2) is 42.5 Å². The van der Waals surface area contributed by atoms with Crippen LogP contribution in [0.5, 0.6) is 0 Å². The maximum atomic E-state index is 5.92. The lowest BCUT2D eigenvalue weighted by atomic mass is 10.0. The fraction of sp³-hybridized carbons (Fsp3) is 0.278. The molecule has 0 aliphatic carbocycles. The van der Waals surface area contributed by atoms with Crippen LogP contribution in [-0.2, 0) is 11.3 Å². The average molecular weight is 308 g/mol. The summed E-state index contributed by atoms with van der Waals surface area (Å²) in [7, 11) is 0. The SMILES string of the molecule is Nc1ccc2[nH]nc(-c3cccc(CN4CCOCC4)c3)c2c1. The summed E-state index contributed by atoms with van der Waals surface area (Å²) >= 11 is 0. The van der Waals surface area contributed by atoms with Crippen molar-refractivity contribution in [3.63, 3.8) is 0 Å². The van der Waals surface area contributed by atoms with Crippen molar-refractivity contribution >= 4 is 16.6 Å². The topological polar surface area (TPSA) is 67.2 Å². The number of H-pyrrole nitrogens is 1. The summed E-state index contributed by atoms with van der Waals surface area (Å²) in [5.41, 5.74) is 11.1. The number of ether oxygens (including phenoxy) is 1. The van der Waals surface area contributed by atoms with Crippen molar-refractivity contribution in [3.05, 3.63) is 48.0 Å². The normalized spacial score (nSPS) is 16.0. The highest BCUT2D eigenvalue weighted by Gasteiger charge is 2.12.